The van der Waals surface area contributed by atoms with E-state index in [1.807, 2.05) is 25.1 Å². The maximum atomic E-state index is 11.4. The lowest BCUT2D eigenvalue weighted by Crippen LogP contribution is -2.03. The van der Waals surface area contributed by atoms with Crippen LogP contribution in [0.3, 0.4) is 0 Å². The molecule has 0 atom stereocenters. The van der Waals surface area contributed by atoms with E-state index >= 15 is 0 Å². The highest BCUT2D eigenvalue weighted by atomic mass is 32.1. The molecule has 0 fully saturated rings. The number of carbonyl (C=O) groups excluding carboxylic acids is 1. The van der Waals surface area contributed by atoms with Gasteiger partial charge in [0.1, 0.15) is 5.82 Å². The van der Waals surface area contributed by atoms with E-state index in [0.29, 0.717) is 16.6 Å². The van der Waals surface area contributed by atoms with Crippen molar-refractivity contribution in [3.05, 3.63) is 35.0 Å². The predicted molar refractivity (Wildman–Crippen MR) is 65.7 cm³/mol. The SMILES string of the molecule is COC(=O)c1nc(Nc2ccccn2)sc1C. The molecule has 88 valence electrons. The van der Waals surface area contributed by atoms with Gasteiger partial charge in [0.05, 0.1) is 7.11 Å². The number of thiazole rings is 1. The van der Waals surface area contributed by atoms with Crippen LogP contribution in [0, 0.1) is 6.92 Å². The number of hydrogen-bond donors (Lipinski definition) is 1. The molecule has 2 heterocycles. The van der Waals surface area contributed by atoms with Crippen molar-refractivity contribution in [2.24, 2.45) is 0 Å². The Bertz CT molecular complexity index is 525. The number of aromatic nitrogens is 2. The summed E-state index contributed by atoms with van der Waals surface area (Å²) in [6.45, 7) is 1.83. The third-order valence-electron chi connectivity index (χ3n) is 2.08. The summed E-state index contributed by atoms with van der Waals surface area (Å²) in [5.41, 5.74) is 0.343. The normalized spacial score (nSPS) is 10.0. The molecular weight excluding hydrogens is 238 g/mol. The van der Waals surface area contributed by atoms with Crippen LogP contribution >= 0.6 is 11.3 Å². The molecule has 2 aromatic heterocycles. The number of nitrogens with zero attached hydrogens (tertiary/aromatic N) is 2. The van der Waals surface area contributed by atoms with Gasteiger partial charge < -0.3 is 10.1 Å². The average molecular weight is 249 g/mol. The molecule has 0 bridgehead atoms. The number of pyridine rings is 1. The van der Waals surface area contributed by atoms with E-state index in [9.17, 15) is 4.79 Å². The lowest BCUT2D eigenvalue weighted by molar-refractivity contribution is 0.0594. The second-order valence-electron chi connectivity index (χ2n) is 3.26. The first-order valence-electron chi connectivity index (χ1n) is 4.94. The Hall–Kier alpha value is -1.95. The summed E-state index contributed by atoms with van der Waals surface area (Å²) in [7, 11) is 1.34. The van der Waals surface area contributed by atoms with Gasteiger partial charge in [0, 0.05) is 11.1 Å². The second-order valence-corrected chi connectivity index (χ2v) is 4.46. The molecule has 2 rings (SSSR count). The van der Waals surface area contributed by atoms with Crippen molar-refractivity contribution in [1.82, 2.24) is 9.97 Å². The fourth-order valence-electron chi connectivity index (χ4n) is 1.28. The summed E-state index contributed by atoms with van der Waals surface area (Å²) >= 11 is 1.39. The average Bonchev–Trinajstić information content (AvgIpc) is 2.70. The molecule has 2 aromatic rings. The van der Waals surface area contributed by atoms with Crippen LogP contribution in [0.4, 0.5) is 10.9 Å². The van der Waals surface area contributed by atoms with Crippen molar-refractivity contribution < 1.29 is 9.53 Å². The number of rotatable bonds is 3. The molecule has 0 unspecified atom stereocenters. The van der Waals surface area contributed by atoms with Gasteiger partial charge in [-0.15, -0.1) is 11.3 Å². The molecule has 0 aliphatic carbocycles. The van der Waals surface area contributed by atoms with Crippen LogP contribution < -0.4 is 5.32 Å². The monoisotopic (exact) mass is 249 g/mol. The van der Waals surface area contributed by atoms with E-state index in [-0.39, 0.29) is 0 Å². The number of hydrogen-bond acceptors (Lipinski definition) is 6. The standard InChI is InChI=1S/C11H11N3O2S/c1-7-9(10(15)16-2)14-11(17-7)13-8-5-3-4-6-12-8/h3-6H,1-2H3,(H,12,13,14). The minimum absolute atomic E-state index is 0.343. The van der Waals surface area contributed by atoms with Gasteiger partial charge in [-0.1, -0.05) is 6.07 Å². The van der Waals surface area contributed by atoms with E-state index in [1.54, 1.807) is 6.20 Å². The minimum Gasteiger partial charge on any atom is -0.464 e. The largest absolute Gasteiger partial charge is 0.464 e. The molecule has 5 nitrogen and oxygen atoms in total. The Morgan fingerprint density at radius 1 is 1.47 bits per heavy atom. The van der Waals surface area contributed by atoms with Crippen LogP contribution in [0.15, 0.2) is 24.4 Å². The maximum absolute atomic E-state index is 11.4. The van der Waals surface area contributed by atoms with Crippen LogP contribution in [-0.4, -0.2) is 23.0 Å². The van der Waals surface area contributed by atoms with Crippen molar-refractivity contribution in [3.8, 4) is 0 Å². The Morgan fingerprint density at radius 3 is 2.94 bits per heavy atom. The van der Waals surface area contributed by atoms with E-state index in [1.165, 1.54) is 18.4 Å². The minimum atomic E-state index is -0.423. The summed E-state index contributed by atoms with van der Waals surface area (Å²) in [4.78, 5) is 20.5. The highest BCUT2D eigenvalue weighted by molar-refractivity contribution is 7.15. The first-order valence-corrected chi connectivity index (χ1v) is 5.76. The van der Waals surface area contributed by atoms with E-state index in [0.717, 1.165) is 4.88 Å². The number of esters is 1. The van der Waals surface area contributed by atoms with Gasteiger partial charge in [-0.3, -0.25) is 0 Å². The lowest BCUT2D eigenvalue weighted by atomic mass is 10.4. The summed E-state index contributed by atoms with van der Waals surface area (Å²) < 4.78 is 4.64. The highest BCUT2D eigenvalue weighted by Crippen LogP contribution is 2.24. The fraction of sp³-hybridized carbons (Fsp3) is 0.182. The topological polar surface area (TPSA) is 64.1 Å². The molecule has 0 aliphatic heterocycles. The molecular formula is C11H11N3O2S. The van der Waals surface area contributed by atoms with Gasteiger partial charge in [0.25, 0.3) is 0 Å². The first-order chi connectivity index (χ1) is 8.20. The van der Waals surface area contributed by atoms with E-state index in [4.69, 9.17) is 0 Å². The molecule has 0 radical (unpaired) electrons. The lowest BCUT2D eigenvalue weighted by Gasteiger charge is -1.99. The van der Waals surface area contributed by atoms with E-state index < -0.39 is 5.97 Å². The molecule has 0 aliphatic rings. The van der Waals surface area contributed by atoms with Crippen molar-refractivity contribution >= 4 is 28.3 Å². The first kappa shape index (κ1) is 11.5. The molecule has 1 N–H and O–H groups in total. The number of carbonyl (C=O) groups is 1. The zero-order valence-electron chi connectivity index (χ0n) is 9.43. The van der Waals surface area contributed by atoms with Gasteiger partial charge >= 0.3 is 5.97 Å². The van der Waals surface area contributed by atoms with Crippen molar-refractivity contribution in [3.63, 3.8) is 0 Å². The highest BCUT2D eigenvalue weighted by Gasteiger charge is 2.15. The van der Waals surface area contributed by atoms with Crippen molar-refractivity contribution in [1.29, 1.82) is 0 Å². The zero-order valence-corrected chi connectivity index (χ0v) is 10.2. The Balaban J connectivity index is 2.21. The van der Waals surface area contributed by atoms with Gasteiger partial charge in [-0.2, -0.15) is 0 Å². The zero-order chi connectivity index (χ0) is 12.3. The van der Waals surface area contributed by atoms with Gasteiger partial charge in [0.15, 0.2) is 10.8 Å². The molecule has 6 heteroatoms. The number of ether oxygens (including phenoxy) is 1. The summed E-state index contributed by atoms with van der Waals surface area (Å²) in [5.74, 6) is 0.269. The Labute approximate surface area is 102 Å². The number of anilines is 2. The number of nitrogens with one attached hydrogen (secondary N) is 1. The van der Waals surface area contributed by atoms with Crippen LogP contribution in [0.1, 0.15) is 15.4 Å². The summed E-state index contributed by atoms with van der Waals surface area (Å²) in [6.07, 6.45) is 1.68. The quantitative estimate of drug-likeness (QED) is 0.846. The summed E-state index contributed by atoms with van der Waals surface area (Å²) in [6, 6.07) is 5.53. The Morgan fingerprint density at radius 2 is 2.29 bits per heavy atom. The second kappa shape index (κ2) is 4.92. The van der Waals surface area contributed by atoms with Gasteiger partial charge in [-0.05, 0) is 19.1 Å². The maximum Gasteiger partial charge on any atom is 0.357 e. The predicted octanol–water partition coefficient (Wildman–Crippen LogP) is 2.38. The molecule has 0 amide bonds. The van der Waals surface area contributed by atoms with E-state index in [2.05, 4.69) is 20.0 Å². The summed E-state index contributed by atoms with van der Waals surface area (Å²) in [5, 5.41) is 3.66. The van der Waals surface area contributed by atoms with Gasteiger partial charge in [-0.25, -0.2) is 14.8 Å². The molecule has 17 heavy (non-hydrogen) atoms. The fourth-order valence-corrected chi connectivity index (χ4v) is 2.09. The molecule has 0 saturated carbocycles. The van der Waals surface area contributed by atoms with Crippen LogP contribution in [-0.2, 0) is 4.74 Å². The third-order valence-corrected chi connectivity index (χ3v) is 2.96. The van der Waals surface area contributed by atoms with Gasteiger partial charge in [0.2, 0.25) is 0 Å². The van der Waals surface area contributed by atoms with Crippen LogP contribution in [0.5, 0.6) is 0 Å². The molecule has 0 aromatic carbocycles. The molecule has 0 spiro atoms. The van der Waals surface area contributed by atoms with Crippen molar-refractivity contribution in [2.45, 2.75) is 6.92 Å². The van der Waals surface area contributed by atoms with Crippen LogP contribution in [0.2, 0.25) is 0 Å². The Kier molecular flexibility index (Phi) is 3.34. The molecule has 0 saturated heterocycles. The smallest absolute Gasteiger partial charge is 0.357 e. The van der Waals surface area contributed by atoms with Crippen LogP contribution in [0.25, 0.3) is 0 Å². The number of aryl methyl sites for hydroxylation is 1. The third kappa shape index (κ3) is 2.59. The number of methoxy groups -OCH3 is 1. The van der Waals surface area contributed by atoms with Crippen molar-refractivity contribution in [2.75, 3.05) is 12.4 Å².